The van der Waals surface area contributed by atoms with E-state index in [0.29, 0.717) is 55.1 Å². The fourth-order valence-electron chi connectivity index (χ4n) is 12.2. The van der Waals surface area contributed by atoms with E-state index in [4.69, 9.17) is 7.26 Å². The van der Waals surface area contributed by atoms with Crippen LogP contribution >= 0.6 is 32.4 Å². The predicted molar refractivity (Wildman–Crippen MR) is 274 cm³/mol. The topological polar surface area (TPSA) is 121 Å². The fraction of sp³-hybridized carbons (Fsp3) is 0.321. The second-order valence-electron chi connectivity index (χ2n) is 20.3. The zero-order valence-electron chi connectivity index (χ0n) is 39.3. The van der Waals surface area contributed by atoms with Crippen molar-refractivity contribution in [1.29, 1.82) is 0 Å². The molecule has 4 atom stereocenters. The van der Waals surface area contributed by atoms with Gasteiger partial charge < -0.3 is 0 Å². The van der Waals surface area contributed by atoms with Gasteiger partial charge in [-0.25, -0.2) is 7.26 Å². The molecule has 13 heteroatoms. The summed E-state index contributed by atoms with van der Waals surface area (Å²) in [6, 6.07) is 53.7. The van der Waals surface area contributed by atoms with Crippen LogP contribution in [0.1, 0.15) is 66.2 Å². The molecule has 0 aliphatic heterocycles. The van der Waals surface area contributed by atoms with Gasteiger partial charge in [0.25, 0.3) is 20.2 Å². The van der Waals surface area contributed by atoms with Crippen LogP contribution in [0.25, 0.3) is 0 Å². The van der Waals surface area contributed by atoms with E-state index >= 15 is 0 Å². The molecule has 360 valence electrons. The summed E-state index contributed by atoms with van der Waals surface area (Å²) in [5.41, 5.74) is -2.92. The maximum absolute atomic E-state index is 14.7. The molecule has 4 aliphatic rings. The van der Waals surface area contributed by atoms with E-state index in [9.17, 15) is 26.4 Å². The zero-order chi connectivity index (χ0) is 48.5. The quantitative estimate of drug-likeness (QED) is 0.0933. The van der Waals surface area contributed by atoms with E-state index in [1.165, 1.54) is 11.8 Å². The number of ketones is 2. The molecular weight excluding hydrogens is 961 g/mol. The molecule has 10 rings (SSSR count). The summed E-state index contributed by atoms with van der Waals surface area (Å²) in [6.45, 7) is 8.15. The second kappa shape index (κ2) is 17.7. The maximum Gasteiger partial charge on any atom is 0.278 e. The van der Waals surface area contributed by atoms with Crippen LogP contribution in [0.4, 0.5) is 0 Å². The third-order valence-corrected chi connectivity index (χ3v) is 28.0. The lowest BCUT2D eigenvalue weighted by molar-refractivity contribution is -0.128. The van der Waals surface area contributed by atoms with Crippen LogP contribution in [0, 0.1) is 33.5 Å². The number of carbonyl (C=O) groups is 2. The van der Waals surface area contributed by atoms with Gasteiger partial charge in [-0.3, -0.25) is 9.59 Å². The van der Waals surface area contributed by atoms with Crippen LogP contribution in [0.5, 0.6) is 0 Å². The van der Waals surface area contributed by atoms with E-state index in [-0.39, 0.29) is 34.9 Å². The minimum Gasteiger partial charge on any atom is -0.299 e. The molecule has 4 aliphatic carbocycles. The third-order valence-electron chi connectivity index (χ3n) is 16.4. The first-order valence-electron chi connectivity index (χ1n) is 23.6. The molecule has 6 aromatic rings. The van der Waals surface area contributed by atoms with Gasteiger partial charge in [0.15, 0.2) is 0 Å². The van der Waals surface area contributed by atoms with Crippen molar-refractivity contribution in [3.05, 3.63) is 170 Å². The molecule has 8 nitrogen and oxygen atoms in total. The van der Waals surface area contributed by atoms with Gasteiger partial charge in [0.1, 0.15) is 11.6 Å². The van der Waals surface area contributed by atoms with Crippen LogP contribution in [0.2, 0.25) is 0 Å². The molecule has 6 aromatic carbocycles. The van der Waals surface area contributed by atoms with Crippen LogP contribution in [0.15, 0.2) is 209 Å². The number of carbonyl (C=O) groups excluding carboxylic acids is 2. The highest BCUT2D eigenvalue weighted by Crippen LogP contribution is 2.73. The Morgan fingerprint density at radius 1 is 0.435 bits per heavy atom. The summed E-state index contributed by atoms with van der Waals surface area (Å²) in [6.07, 6.45) is 3.53. The molecule has 0 heterocycles. The van der Waals surface area contributed by atoms with Gasteiger partial charge in [0.2, 0.25) is 0 Å². The fourth-order valence-corrected chi connectivity index (χ4v) is 25.2. The Kier molecular flexibility index (Phi) is 12.3. The first kappa shape index (κ1) is 48.2. The monoisotopic (exact) mass is 1020 g/mol. The maximum atomic E-state index is 14.7. The Morgan fingerprint density at radius 2 is 0.710 bits per heavy atom. The van der Waals surface area contributed by atoms with Gasteiger partial charge >= 0.3 is 0 Å². The van der Waals surface area contributed by atoms with E-state index in [2.05, 4.69) is 0 Å². The lowest BCUT2D eigenvalue weighted by Gasteiger charge is -2.41. The summed E-state index contributed by atoms with van der Waals surface area (Å²) in [5, 5.41) is 0. The summed E-state index contributed by atoms with van der Waals surface area (Å²) >= 11 is 1.52. The predicted octanol–water partition coefficient (Wildman–Crippen LogP) is 13.7. The van der Waals surface area contributed by atoms with Crippen LogP contribution in [0.3, 0.4) is 0 Å². The van der Waals surface area contributed by atoms with Crippen molar-refractivity contribution < 1.29 is 33.7 Å². The molecule has 4 saturated carbocycles. The SMILES string of the molecule is CC1(C)C2CCC1(CS(=O)(=O)OS(c1ccccc1)(c1ccccc1)c1ccc(Sc3ccc(S(OS(=O)(=O)CC45CCC(CC4=O)C5(C)C)(c4ccccc4)c4ccccc4)cc3)cc1)C(=O)C2. The highest BCUT2D eigenvalue weighted by Gasteiger charge is 2.67. The van der Waals surface area contributed by atoms with Gasteiger partial charge in [-0.05, 0) is 166 Å². The average molecular weight is 1020 g/mol. The summed E-state index contributed by atoms with van der Waals surface area (Å²) in [7, 11) is -14.4. The molecule has 0 aromatic heterocycles. The van der Waals surface area contributed by atoms with E-state index in [1.54, 1.807) is 0 Å². The molecule has 69 heavy (non-hydrogen) atoms. The van der Waals surface area contributed by atoms with Crippen LogP contribution in [-0.2, 0) is 37.1 Å². The van der Waals surface area contributed by atoms with Gasteiger partial charge in [0.05, 0.1) is 22.3 Å². The largest absolute Gasteiger partial charge is 0.299 e. The Hall–Kier alpha value is -4.47. The standard InChI is InChI=1S/C56H58O8S5/c1-53(2)41-33-35-55(53,51(57)37-41)39-66(59,60)63-68(45-17-9-5-10-18-45,46-19-11-6-12-20-46)49-29-25-43(26-30-49)65-44-27-31-50(32-28-44)69(47-21-13-7-14-22-47,48-23-15-8-16-24-48)64-67(61,62)40-56-36-34-42(38-52(56)58)54(56,3)4/h5-32,41-42H,33-40H2,1-4H3. The Labute approximate surface area is 415 Å². The smallest absolute Gasteiger partial charge is 0.278 e. The number of hydrogen-bond donors (Lipinski definition) is 0. The number of rotatable bonds is 16. The molecular formula is C56H58O8S5. The van der Waals surface area contributed by atoms with Crippen molar-refractivity contribution in [2.24, 2.45) is 33.5 Å². The molecule has 0 amide bonds. The number of benzene rings is 6. The normalized spacial score (nSPS) is 24.4. The van der Waals surface area contributed by atoms with E-state index in [1.807, 2.05) is 198 Å². The molecule has 4 fully saturated rings. The van der Waals surface area contributed by atoms with Crippen molar-refractivity contribution in [2.45, 2.75) is 105 Å². The lowest BCUT2D eigenvalue weighted by atomic mass is 9.70. The first-order valence-corrected chi connectivity index (χ1v) is 30.7. The molecule has 4 unspecified atom stereocenters. The average Bonchev–Trinajstić information content (AvgIpc) is 3.87. The third kappa shape index (κ3) is 7.99. The van der Waals surface area contributed by atoms with Gasteiger partial charge in [-0.1, -0.05) is 112 Å². The summed E-state index contributed by atoms with van der Waals surface area (Å²) < 4.78 is 72.4. The molecule has 4 bridgehead atoms. The molecule has 0 N–H and O–H groups in total. The van der Waals surface area contributed by atoms with Crippen molar-refractivity contribution in [3.63, 3.8) is 0 Å². The lowest BCUT2D eigenvalue weighted by Crippen LogP contribution is -2.42. The van der Waals surface area contributed by atoms with Crippen LogP contribution in [-0.4, -0.2) is 39.9 Å². The highest BCUT2D eigenvalue weighted by molar-refractivity contribution is 8.33. The minimum absolute atomic E-state index is 0.0163. The molecule has 0 radical (unpaired) electrons. The van der Waals surface area contributed by atoms with E-state index < -0.39 is 62.5 Å². The van der Waals surface area contributed by atoms with Gasteiger partial charge in [-0.2, -0.15) is 16.8 Å². The second-order valence-corrected chi connectivity index (χ2v) is 30.4. The Morgan fingerprint density at radius 3 is 0.957 bits per heavy atom. The number of hydrogen-bond acceptors (Lipinski definition) is 9. The Balaban J connectivity index is 0.994. The van der Waals surface area contributed by atoms with Crippen LogP contribution < -0.4 is 0 Å². The van der Waals surface area contributed by atoms with E-state index in [0.717, 1.165) is 22.6 Å². The summed E-state index contributed by atoms with van der Waals surface area (Å²) in [4.78, 5) is 33.3. The van der Waals surface area contributed by atoms with Crippen molar-refractivity contribution in [1.82, 2.24) is 0 Å². The highest BCUT2D eigenvalue weighted by atomic mass is 32.3. The Bertz CT molecular complexity index is 2820. The van der Waals surface area contributed by atoms with Gasteiger partial charge in [0, 0.05) is 52.0 Å². The number of Topliss-reactive ketones (excluding diaryl/α,β-unsaturated/α-hetero) is 2. The first-order chi connectivity index (χ1) is 32.9. The summed E-state index contributed by atoms with van der Waals surface area (Å²) in [5.74, 6) is -0.387. The minimum atomic E-state index is -4.31. The molecule has 0 spiro atoms. The molecule has 0 saturated heterocycles. The van der Waals surface area contributed by atoms with Crippen molar-refractivity contribution >= 4 is 64.2 Å². The van der Waals surface area contributed by atoms with Crippen molar-refractivity contribution in [2.75, 3.05) is 11.5 Å². The zero-order valence-corrected chi connectivity index (χ0v) is 43.4. The van der Waals surface area contributed by atoms with Crippen molar-refractivity contribution in [3.8, 4) is 0 Å². The number of fused-ring (bicyclic) bond motifs is 4. The van der Waals surface area contributed by atoms with Gasteiger partial charge in [-0.15, -0.1) is 0 Å².